The summed E-state index contributed by atoms with van der Waals surface area (Å²) in [5.74, 6) is -2.36. The molecule has 0 aliphatic carbocycles. The lowest BCUT2D eigenvalue weighted by Crippen LogP contribution is -2.43. The van der Waals surface area contributed by atoms with Crippen LogP contribution in [-0.4, -0.2) is 36.0 Å². The monoisotopic (exact) mass is 344 g/mol. The highest BCUT2D eigenvalue weighted by Crippen LogP contribution is 2.22. The van der Waals surface area contributed by atoms with Gasteiger partial charge in [-0.1, -0.05) is 0 Å². The summed E-state index contributed by atoms with van der Waals surface area (Å²) in [6.45, 7) is 0. The number of methoxy groups -OCH3 is 1. The Kier molecular flexibility index (Phi) is 5.51. The van der Waals surface area contributed by atoms with Gasteiger partial charge in [-0.25, -0.2) is 4.79 Å². The van der Waals surface area contributed by atoms with Crippen LogP contribution in [0.25, 0.3) is 0 Å². The summed E-state index contributed by atoms with van der Waals surface area (Å²) in [7, 11) is 1.44. The first-order valence-corrected chi connectivity index (χ1v) is 6.30. The Bertz CT molecular complexity index is 547. The lowest BCUT2D eigenvalue weighted by Gasteiger charge is -2.14. The van der Waals surface area contributed by atoms with Gasteiger partial charge in [-0.3, -0.25) is 9.59 Å². The number of nitrogens with one attached hydrogen (secondary N) is 1. The van der Waals surface area contributed by atoms with Gasteiger partial charge in [0.25, 0.3) is 5.91 Å². The van der Waals surface area contributed by atoms with E-state index in [1.54, 1.807) is 12.1 Å². The molecule has 8 heteroatoms. The Morgan fingerprint density at radius 3 is 2.60 bits per heavy atom. The van der Waals surface area contributed by atoms with E-state index in [-0.39, 0.29) is 5.56 Å². The number of amides is 2. The maximum absolute atomic E-state index is 12.0. The van der Waals surface area contributed by atoms with Crippen LogP contribution < -0.4 is 15.8 Å². The number of carboxylic acids is 1. The van der Waals surface area contributed by atoms with Crippen molar-refractivity contribution in [2.45, 2.75) is 12.5 Å². The Hall–Kier alpha value is -2.09. The molecule has 7 nitrogen and oxygen atoms in total. The number of carbonyl (C=O) groups excluding carboxylic acids is 2. The van der Waals surface area contributed by atoms with E-state index in [4.69, 9.17) is 15.6 Å². The molecule has 108 valence electrons. The smallest absolute Gasteiger partial charge is 0.326 e. The number of benzene rings is 1. The lowest BCUT2D eigenvalue weighted by atomic mass is 10.1. The van der Waals surface area contributed by atoms with Crippen molar-refractivity contribution in [3.05, 3.63) is 28.2 Å². The number of primary amides is 1. The van der Waals surface area contributed by atoms with Crippen LogP contribution in [0.1, 0.15) is 16.8 Å². The van der Waals surface area contributed by atoms with E-state index in [1.165, 1.54) is 13.2 Å². The summed E-state index contributed by atoms with van der Waals surface area (Å²) in [6, 6.07) is 3.30. The highest BCUT2D eigenvalue weighted by Gasteiger charge is 2.23. The number of hydrogen-bond acceptors (Lipinski definition) is 4. The molecule has 0 saturated carbocycles. The third-order valence-electron chi connectivity index (χ3n) is 2.43. The number of hydrogen-bond donors (Lipinski definition) is 3. The molecule has 1 aromatic carbocycles. The van der Waals surface area contributed by atoms with Gasteiger partial charge in [-0.05, 0) is 34.1 Å². The van der Waals surface area contributed by atoms with Crippen molar-refractivity contribution >= 4 is 33.7 Å². The summed E-state index contributed by atoms with van der Waals surface area (Å²) >= 11 is 3.18. The number of carboxylic acid groups (broad SMARTS) is 1. The van der Waals surface area contributed by atoms with E-state index in [0.29, 0.717) is 10.2 Å². The van der Waals surface area contributed by atoms with Gasteiger partial charge in [-0.2, -0.15) is 0 Å². The molecule has 0 bridgehead atoms. The van der Waals surface area contributed by atoms with Gasteiger partial charge in [0.05, 0.1) is 19.1 Å². The Labute approximate surface area is 123 Å². The molecular formula is C12H13BrN2O5. The van der Waals surface area contributed by atoms with Crippen LogP contribution in [0.15, 0.2) is 22.7 Å². The highest BCUT2D eigenvalue weighted by atomic mass is 79.9. The average molecular weight is 345 g/mol. The molecule has 0 fully saturated rings. The second-order valence-corrected chi connectivity index (χ2v) is 4.73. The van der Waals surface area contributed by atoms with Crippen molar-refractivity contribution in [1.29, 1.82) is 0 Å². The van der Waals surface area contributed by atoms with Crippen LogP contribution in [0, 0.1) is 0 Å². The second-order valence-electron chi connectivity index (χ2n) is 3.88. The van der Waals surface area contributed by atoms with Crippen LogP contribution in [0.4, 0.5) is 0 Å². The van der Waals surface area contributed by atoms with E-state index >= 15 is 0 Å². The van der Waals surface area contributed by atoms with Crippen molar-refractivity contribution in [2.75, 3.05) is 7.11 Å². The largest absolute Gasteiger partial charge is 0.497 e. The van der Waals surface area contributed by atoms with Gasteiger partial charge in [0.1, 0.15) is 11.8 Å². The highest BCUT2D eigenvalue weighted by molar-refractivity contribution is 9.10. The molecule has 2 amide bonds. The topological polar surface area (TPSA) is 119 Å². The van der Waals surface area contributed by atoms with E-state index in [2.05, 4.69) is 21.2 Å². The Morgan fingerprint density at radius 1 is 1.45 bits per heavy atom. The van der Waals surface area contributed by atoms with Crippen molar-refractivity contribution in [1.82, 2.24) is 5.32 Å². The van der Waals surface area contributed by atoms with E-state index in [9.17, 15) is 14.4 Å². The van der Waals surface area contributed by atoms with Gasteiger partial charge in [0.15, 0.2) is 0 Å². The quantitative estimate of drug-likeness (QED) is 0.694. The lowest BCUT2D eigenvalue weighted by molar-refractivity contribution is -0.140. The molecule has 0 heterocycles. The third kappa shape index (κ3) is 4.23. The molecule has 0 aliphatic heterocycles. The molecule has 20 heavy (non-hydrogen) atoms. The molecule has 0 saturated heterocycles. The fraction of sp³-hybridized carbons (Fsp3) is 0.250. The molecule has 0 spiro atoms. The first-order chi connectivity index (χ1) is 9.35. The summed E-state index contributed by atoms with van der Waals surface area (Å²) in [4.78, 5) is 33.7. The SMILES string of the molecule is COc1ccc(Br)c(C(=O)N[C@@H](CC(N)=O)C(=O)O)c1. The number of ether oxygens (including phenoxy) is 1. The number of carbonyl (C=O) groups is 3. The molecule has 1 aromatic rings. The predicted molar refractivity (Wildman–Crippen MR) is 73.4 cm³/mol. The van der Waals surface area contributed by atoms with Crippen molar-refractivity contribution in [3.8, 4) is 5.75 Å². The normalized spacial score (nSPS) is 11.5. The zero-order chi connectivity index (χ0) is 15.3. The maximum Gasteiger partial charge on any atom is 0.326 e. The number of aliphatic carboxylic acids is 1. The van der Waals surface area contributed by atoms with Crippen LogP contribution in [-0.2, 0) is 9.59 Å². The maximum atomic E-state index is 12.0. The minimum Gasteiger partial charge on any atom is -0.497 e. The van der Waals surface area contributed by atoms with Crippen LogP contribution >= 0.6 is 15.9 Å². The van der Waals surface area contributed by atoms with E-state index < -0.39 is 30.2 Å². The average Bonchev–Trinajstić information content (AvgIpc) is 2.37. The van der Waals surface area contributed by atoms with Gasteiger partial charge >= 0.3 is 5.97 Å². The zero-order valence-corrected chi connectivity index (χ0v) is 12.1. The summed E-state index contributed by atoms with van der Waals surface area (Å²) in [6.07, 6.45) is -0.483. The predicted octanol–water partition coefficient (Wildman–Crippen LogP) is 0.516. The molecule has 1 atom stereocenters. The molecule has 4 N–H and O–H groups in total. The first kappa shape index (κ1) is 16.0. The van der Waals surface area contributed by atoms with Crippen LogP contribution in [0.3, 0.4) is 0 Å². The Balaban J connectivity index is 2.94. The molecule has 0 radical (unpaired) electrons. The second kappa shape index (κ2) is 6.90. The summed E-state index contributed by atoms with van der Waals surface area (Å²) in [5.41, 5.74) is 5.13. The van der Waals surface area contributed by atoms with Gasteiger partial charge in [0.2, 0.25) is 5.91 Å². The minimum absolute atomic E-state index is 0.195. The van der Waals surface area contributed by atoms with Crippen LogP contribution in [0.5, 0.6) is 5.75 Å². The zero-order valence-electron chi connectivity index (χ0n) is 10.6. The molecular weight excluding hydrogens is 332 g/mol. The van der Waals surface area contributed by atoms with Crippen molar-refractivity contribution < 1.29 is 24.2 Å². The number of halogens is 1. The van der Waals surface area contributed by atoms with Crippen molar-refractivity contribution in [3.63, 3.8) is 0 Å². The van der Waals surface area contributed by atoms with Gasteiger partial charge < -0.3 is 20.9 Å². The standard InChI is InChI=1S/C12H13BrN2O5/c1-20-6-2-3-8(13)7(4-6)11(17)15-9(12(18)19)5-10(14)16/h2-4,9H,5H2,1H3,(H2,14,16)(H,15,17)(H,18,19)/t9-/m0/s1. The summed E-state index contributed by atoms with van der Waals surface area (Å²) < 4.78 is 5.46. The minimum atomic E-state index is -1.38. The fourth-order valence-electron chi connectivity index (χ4n) is 1.44. The summed E-state index contributed by atoms with van der Waals surface area (Å²) in [5, 5.41) is 11.2. The van der Waals surface area contributed by atoms with E-state index in [1.807, 2.05) is 0 Å². The van der Waals surface area contributed by atoms with E-state index in [0.717, 1.165) is 0 Å². The third-order valence-corrected chi connectivity index (χ3v) is 3.12. The molecule has 1 rings (SSSR count). The molecule has 0 unspecified atom stereocenters. The number of nitrogens with two attached hydrogens (primary N) is 1. The van der Waals surface area contributed by atoms with Gasteiger partial charge in [-0.15, -0.1) is 0 Å². The van der Waals surface area contributed by atoms with Crippen LogP contribution in [0.2, 0.25) is 0 Å². The fourth-order valence-corrected chi connectivity index (χ4v) is 1.87. The number of rotatable bonds is 6. The van der Waals surface area contributed by atoms with Gasteiger partial charge in [0, 0.05) is 4.47 Å². The molecule has 0 aromatic heterocycles. The van der Waals surface area contributed by atoms with Crippen molar-refractivity contribution in [2.24, 2.45) is 5.73 Å². The first-order valence-electron chi connectivity index (χ1n) is 5.50. The molecule has 0 aliphatic rings. The Morgan fingerprint density at radius 2 is 2.10 bits per heavy atom.